The number of carbonyl (C=O) groups is 2. The van der Waals surface area contributed by atoms with E-state index in [9.17, 15) is 9.59 Å². The highest BCUT2D eigenvalue weighted by atomic mass is 16.2. The van der Waals surface area contributed by atoms with Crippen molar-refractivity contribution in [3.8, 4) is 0 Å². The molecule has 0 atom stereocenters. The minimum Gasteiger partial charge on any atom is -0.262 e. The van der Waals surface area contributed by atoms with E-state index < -0.39 is 11.8 Å². The lowest BCUT2D eigenvalue weighted by Gasteiger charge is -1.96. The summed E-state index contributed by atoms with van der Waals surface area (Å²) in [4.78, 5) is 22.0. The Morgan fingerprint density at radius 1 is 0.875 bits per heavy atom. The molecule has 0 heterocycles. The van der Waals surface area contributed by atoms with Crippen LogP contribution in [0.15, 0.2) is 34.5 Å². The molecule has 16 heavy (non-hydrogen) atoms. The van der Waals surface area contributed by atoms with Crippen molar-refractivity contribution in [3.05, 3.63) is 24.3 Å². The maximum absolute atomic E-state index is 11.0. The molecule has 2 amide bonds. The average Bonchev–Trinajstić information content (AvgIpc) is 2.29. The molecular formula is C10H14N4O2. The smallest absolute Gasteiger partial charge is 0.262 e. The SMILES string of the molecule is C/C=C\C=N\NC(=O)C(=O)N/N=C\C=C\C. The maximum atomic E-state index is 11.0. The minimum absolute atomic E-state index is 0.876. The van der Waals surface area contributed by atoms with Gasteiger partial charge in [0.05, 0.1) is 0 Å². The first-order valence-corrected chi connectivity index (χ1v) is 4.61. The van der Waals surface area contributed by atoms with E-state index in [0.717, 1.165) is 0 Å². The van der Waals surface area contributed by atoms with Crippen molar-refractivity contribution < 1.29 is 9.59 Å². The number of rotatable bonds is 4. The van der Waals surface area contributed by atoms with Gasteiger partial charge in [0.2, 0.25) is 0 Å². The van der Waals surface area contributed by atoms with Crippen LogP contribution in [-0.4, -0.2) is 24.2 Å². The monoisotopic (exact) mass is 222 g/mol. The van der Waals surface area contributed by atoms with Gasteiger partial charge in [-0.15, -0.1) is 0 Å². The summed E-state index contributed by atoms with van der Waals surface area (Å²) >= 11 is 0. The first-order valence-electron chi connectivity index (χ1n) is 4.61. The summed E-state index contributed by atoms with van der Waals surface area (Å²) < 4.78 is 0. The van der Waals surface area contributed by atoms with E-state index in [2.05, 4.69) is 10.2 Å². The predicted octanol–water partition coefficient (Wildman–Crippen LogP) is 0.343. The lowest BCUT2D eigenvalue weighted by Crippen LogP contribution is -2.35. The molecule has 0 radical (unpaired) electrons. The van der Waals surface area contributed by atoms with Gasteiger partial charge in [-0.1, -0.05) is 12.2 Å². The highest BCUT2D eigenvalue weighted by Crippen LogP contribution is 1.71. The van der Waals surface area contributed by atoms with Gasteiger partial charge in [0, 0.05) is 12.4 Å². The average molecular weight is 222 g/mol. The Morgan fingerprint density at radius 2 is 1.25 bits per heavy atom. The van der Waals surface area contributed by atoms with Crippen LogP contribution in [0.3, 0.4) is 0 Å². The van der Waals surface area contributed by atoms with Crippen LogP contribution in [0.1, 0.15) is 13.8 Å². The summed E-state index contributed by atoms with van der Waals surface area (Å²) in [6.07, 6.45) is 9.40. The molecule has 0 bridgehead atoms. The van der Waals surface area contributed by atoms with E-state index in [-0.39, 0.29) is 0 Å². The molecule has 0 unspecified atom stereocenters. The number of nitrogens with one attached hydrogen (secondary N) is 2. The molecule has 6 nitrogen and oxygen atoms in total. The molecule has 0 aromatic carbocycles. The number of hydrogen-bond donors (Lipinski definition) is 2. The molecule has 2 N–H and O–H groups in total. The number of carbonyl (C=O) groups excluding carboxylic acids is 2. The predicted molar refractivity (Wildman–Crippen MR) is 62.9 cm³/mol. The zero-order valence-electron chi connectivity index (χ0n) is 9.18. The lowest BCUT2D eigenvalue weighted by molar-refractivity contribution is -0.139. The maximum Gasteiger partial charge on any atom is 0.331 e. The standard InChI is InChI=1S/C10H14N4O2/c1-3-5-7-11-13-9(15)10(16)14-12-8-6-4-2/h3-8H,1-2H3,(H,13,15)(H,14,16)/b5-3-,6-4+,11-7+,12-8-. The molecule has 86 valence electrons. The fraction of sp³-hybridized carbons (Fsp3) is 0.200. The number of hydrazone groups is 2. The fourth-order valence-corrected chi connectivity index (χ4v) is 0.552. The topological polar surface area (TPSA) is 82.9 Å². The van der Waals surface area contributed by atoms with Crippen LogP contribution in [0.2, 0.25) is 0 Å². The molecule has 0 aromatic rings. The van der Waals surface area contributed by atoms with Crippen LogP contribution in [0.5, 0.6) is 0 Å². The van der Waals surface area contributed by atoms with Crippen molar-refractivity contribution in [2.45, 2.75) is 13.8 Å². The van der Waals surface area contributed by atoms with Gasteiger partial charge in [-0.25, -0.2) is 10.9 Å². The second-order valence-electron chi connectivity index (χ2n) is 2.49. The molecule has 0 aliphatic rings. The van der Waals surface area contributed by atoms with Crippen LogP contribution in [0.25, 0.3) is 0 Å². The largest absolute Gasteiger partial charge is 0.331 e. The van der Waals surface area contributed by atoms with E-state index in [1.54, 1.807) is 38.2 Å². The van der Waals surface area contributed by atoms with Crippen LogP contribution in [0, 0.1) is 0 Å². The van der Waals surface area contributed by atoms with Gasteiger partial charge in [0.1, 0.15) is 0 Å². The van der Waals surface area contributed by atoms with Crippen LogP contribution >= 0.6 is 0 Å². The normalized spacial score (nSPS) is 11.9. The summed E-state index contributed by atoms with van der Waals surface area (Å²) in [5, 5.41) is 6.98. The van der Waals surface area contributed by atoms with Crippen molar-refractivity contribution in [1.82, 2.24) is 10.9 Å². The zero-order chi connectivity index (χ0) is 12.2. The highest BCUT2D eigenvalue weighted by molar-refractivity contribution is 6.35. The Hall–Kier alpha value is -2.24. The van der Waals surface area contributed by atoms with E-state index in [1.165, 1.54) is 12.4 Å². The molecule has 0 aromatic heterocycles. The Labute approximate surface area is 93.8 Å². The molecule has 0 aliphatic heterocycles. The molecule has 0 aliphatic carbocycles. The van der Waals surface area contributed by atoms with Crippen molar-refractivity contribution in [1.29, 1.82) is 0 Å². The Morgan fingerprint density at radius 3 is 1.56 bits per heavy atom. The summed E-state index contributed by atoms with van der Waals surface area (Å²) in [7, 11) is 0. The third-order valence-electron chi connectivity index (χ3n) is 1.24. The van der Waals surface area contributed by atoms with Crippen molar-refractivity contribution in [2.24, 2.45) is 10.2 Å². The van der Waals surface area contributed by atoms with Crippen LogP contribution in [-0.2, 0) is 9.59 Å². The van der Waals surface area contributed by atoms with Crippen molar-refractivity contribution >= 4 is 24.2 Å². The summed E-state index contributed by atoms with van der Waals surface area (Å²) in [6.45, 7) is 3.60. The van der Waals surface area contributed by atoms with Gasteiger partial charge in [-0.05, 0) is 26.0 Å². The Bertz CT molecular complexity index is 309. The molecular weight excluding hydrogens is 208 g/mol. The van der Waals surface area contributed by atoms with Gasteiger partial charge < -0.3 is 0 Å². The molecule has 0 fully saturated rings. The first-order chi connectivity index (χ1) is 7.72. The second kappa shape index (κ2) is 9.32. The van der Waals surface area contributed by atoms with Crippen molar-refractivity contribution in [2.75, 3.05) is 0 Å². The van der Waals surface area contributed by atoms with Gasteiger partial charge >= 0.3 is 11.8 Å². The van der Waals surface area contributed by atoms with Gasteiger partial charge in [0.25, 0.3) is 0 Å². The first kappa shape index (κ1) is 13.8. The van der Waals surface area contributed by atoms with Crippen LogP contribution in [0.4, 0.5) is 0 Å². The fourth-order valence-electron chi connectivity index (χ4n) is 0.552. The highest BCUT2D eigenvalue weighted by Gasteiger charge is 2.10. The summed E-state index contributed by atoms with van der Waals surface area (Å²) in [6, 6.07) is 0. The number of allylic oxidation sites excluding steroid dienone is 4. The van der Waals surface area contributed by atoms with Crippen molar-refractivity contribution in [3.63, 3.8) is 0 Å². The number of amides is 2. The number of nitrogens with zero attached hydrogens (tertiary/aromatic N) is 2. The van der Waals surface area contributed by atoms with E-state index >= 15 is 0 Å². The Balaban J connectivity index is 3.95. The quantitative estimate of drug-likeness (QED) is 0.408. The summed E-state index contributed by atoms with van der Waals surface area (Å²) in [5.41, 5.74) is 4.07. The lowest BCUT2D eigenvalue weighted by atomic mass is 10.6. The second-order valence-corrected chi connectivity index (χ2v) is 2.49. The van der Waals surface area contributed by atoms with Gasteiger partial charge in [-0.2, -0.15) is 10.2 Å². The zero-order valence-corrected chi connectivity index (χ0v) is 9.18. The third kappa shape index (κ3) is 7.19. The molecule has 0 saturated carbocycles. The molecule has 0 rings (SSSR count). The van der Waals surface area contributed by atoms with Crippen LogP contribution < -0.4 is 10.9 Å². The molecule has 6 heteroatoms. The molecule has 0 spiro atoms. The van der Waals surface area contributed by atoms with Gasteiger partial charge in [-0.3, -0.25) is 9.59 Å². The van der Waals surface area contributed by atoms with E-state index in [4.69, 9.17) is 0 Å². The van der Waals surface area contributed by atoms with Gasteiger partial charge in [0.15, 0.2) is 0 Å². The third-order valence-corrected chi connectivity index (χ3v) is 1.24. The Kier molecular flexibility index (Phi) is 8.02. The number of hydrogen-bond acceptors (Lipinski definition) is 4. The molecule has 0 saturated heterocycles. The summed E-state index contributed by atoms with van der Waals surface area (Å²) in [5.74, 6) is -1.75. The minimum atomic E-state index is -0.876. The van der Waals surface area contributed by atoms with E-state index in [1.807, 2.05) is 10.9 Å². The van der Waals surface area contributed by atoms with E-state index in [0.29, 0.717) is 0 Å².